The molecule has 0 aromatic rings. The summed E-state index contributed by atoms with van der Waals surface area (Å²) in [6.45, 7) is 3.75. The summed E-state index contributed by atoms with van der Waals surface area (Å²) in [6.07, 6.45) is 11.0. The fourth-order valence-electron chi connectivity index (χ4n) is 1.65. The number of hydrogen-bond acceptors (Lipinski definition) is 4. The molecule has 0 unspecified atom stereocenters. The van der Waals surface area contributed by atoms with Crippen molar-refractivity contribution >= 4 is 18.5 Å². The molecular formula is C11H8N4. The molecule has 0 amide bonds. The summed E-state index contributed by atoms with van der Waals surface area (Å²) < 4.78 is 0. The highest BCUT2D eigenvalue weighted by molar-refractivity contribution is 6.01. The molecule has 0 bridgehead atoms. The van der Waals surface area contributed by atoms with Crippen molar-refractivity contribution in [2.75, 3.05) is 0 Å². The average Bonchev–Trinajstić information content (AvgIpc) is 2.29. The Hall–Kier alpha value is -2.23. The van der Waals surface area contributed by atoms with E-state index in [0.29, 0.717) is 5.96 Å². The van der Waals surface area contributed by atoms with Crippen LogP contribution < -0.4 is 0 Å². The molecule has 0 saturated heterocycles. The second-order valence-corrected chi connectivity index (χ2v) is 3.23. The van der Waals surface area contributed by atoms with E-state index >= 15 is 0 Å². The van der Waals surface area contributed by atoms with Crippen molar-refractivity contribution in [2.24, 2.45) is 15.0 Å². The molecule has 72 valence electrons. The Morgan fingerprint density at radius 1 is 1.27 bits per heavy atom. The maximum Gasteiger partial charge on any atom is 0.237 e. The van der Waals surface area contributed by atoms with Gasteiger partial charge in [0.25, 0.3) is 0 Å². The lowest BCUT2D eigenvalue weighted by Crippen LogP contribution is -2.33. The fraction of sp³-hybridized carbons (Fsp3) is 0. The Balaban J connectivity index is 2.20. The number of hydrogen-bond donors (Lipinski definition) is 0. The van der Waals surface area contributed by atoms with Crippen LogP contribution in [0.1, 0.15) is 0 Å². The minimum atomic E-state index is 0.660. The Bertz CT molecular complexity index is 513. The van der Waals surface area contributed by atoms with Gasteiger partial charge in [-0.1, -0.05) is 12.7 Å². The summed E-state index contributed by atoms with van der Waals surface area (Å²) in [6, 6.07) is 0. The molecule has 0 aliphatic carbocycles. The normalized spacial score (nSPS) is 21.2. The van der Waals surface area contributed by atoms with E-state index in [1.165, 1.54) is 6.34 Å². The van der Waals surface area contributed by atoms with Gasteiger partial charge in [0, 0.05) is 6.21 Å². The number of aliphatic imine (C=N–C) groups is 3. The summed E-state index contributed by atoms with van der Waals surface area (Å²) in [5.41, 5.74) is 2.06. The zero-order chi connectivity index (χ0) is 10.3. The Kier molecular flexibility index (Phi) is 1.56. The van der Waals surface area contributed by atoms with E-state index in [0.717, 1.165) is 17.1 Å². The van der Waals surface area contributed by atoms with Gasteiger partial charge in [0.2, 0.25) is 5.96 Å². The molecule has 0 spiro atoms. The number of allylic oxidation sites excluding steroid dienone is 5. The van der Waals surface area contributed by atoms with Gasteiger partial charge in [-0.25, -0.2) is 15.0 Å². The number of guanidine groups is 1. The van der Waals surface area contributed by atoms with Crippen LogP contribution in [0.5, 0.6) is 0 Å². The first-order valence-electron chi connectivity index (χ1n) is 4.59. The molecule has 0 radical (unpaired) electrons. The Morgan fingerprint density at radius 3 is 3.07 bits per heavy atom. The maximum atomic E-state index is 4.20. The van der Waals surface area contributed by atoms with Gasteiger partial charge < -0.3 is 0 Å². The second-order valence-electron chi connectivity index (χ2n) is 3.23. The highest BCUT2D eigenvalue weighted by atomic mass is 15.4. The minimum Gasteiger partial charge on any atom is -0.263 e. The molecule has 0 aromatic heterocycles. The highest BCUT2D eigenvalue weighted by Crippen LogP contribution is 2.28. The van der Waals surface area contributed by atoms with Crippen LogP contribution in [0.15, 0.2) is 63.0 Å². The van der Waals surface area contributed by atoms with Gasteiger partial charge in [0.05, 0.1) is 5.70 Å². The molecule has 4 nitrogen and oxygen atoms in total. The molecule has 0 atom stereocenters. The van der Waals surface area contributed by atoms with Gasteiger partial charge in [0.1, 0.15) is 12.2 Å². The lowest BCUT2D eigenvalue weighted by Gasteiger charge is -2.30. The smallest absolute Gasteiger partial charge is 0.237 e. The first-order chi connectivity index (χ1) is 7.38. The van der Waals surface area contributed by atoms with Crippen molar-refractivity contribution in [3.05, 3.63) is 48.0 Å². The largest absolute Gasteiger partial charge is 0.263 e. The SMILES string of the molecule is C=CC1=CC2=CC=NC3=NC=NC(=C1)N23. The molecule has 4 heteroatoms. The van der Waals surface area contributed by atoms with E-state index < -0.39 is 0 Å². The molecule has 3 rings (SSSR count). The molecule has 3 heterocycles. The standard InChI is InChI=1S/C11H8N4/c1-2-8-5-9-3-4-12-11-14-7-13-10(6-8)15(9)11/h2-7H,1H2. The molecule has 0 saturated carbocycles. The van der Waals surface area contributed by atoms with Gasteiger partial charge >= 0.3 is 0 Å². The van der Waals surface area contributed by atoms with Crippen molar-refractivity contribution < 1.29 is 0 Å². The molecular weight excluding hydrogens is 188 g/mol. The molecule has 0 aromatic carbocycles. The van der Waals surface area contributed by atoms with Crippen LogP contribution in [0.4, 0.5) is 0 Å². The molecule has 15 heavy (non-hydrogen) atoms. The van der Waals surface area contributed by atoms with Crippen LogP contribution in [0.25, 0.3) is 0 Å². The van der Waals surface area contributed by atoms with Crippen LogP contribution in [-0.2, 0) is 0 Å². The lowest BCUT2D eigenvalue weighted by atomic mass is 10.1. The van der Waals surface area contributed by atoms with Crippen LogP contribution in [0, 0.1) is 0 Å². The van der Waals surface area contributed by atoms with Gasteiger partial charge in [-0.2, -0.15) is 0 Å². The molecule has 0 N–H and O–H groups in total. The van der Waals surface area contributed by atoms with Gasteiger partial charge in [-0.3, -0.25) is 4.90 Å². The van der Waals surface area contributed by atoms with Crippen molar-refractivity contribution in [3.63, 3.8) is 0 Å². The van der Waals surface area contributed by atoms with Crippen LogP contribution in [-0.4, -0.2) is 23.4 Å². The predicted octanol–water partition coefficient (Wildman–Crippen LogP) is 1.62. The average molecular weight is 196 g/mol. The third-order valence-electron chi connectivity index (χ3n) is 2.33. The molecule has 3 aliphatic heterocycles. The quantitative estimate of drug-likeness (QED) is 0.628. The molecule has 0 fully saturated rings. The lowest BCUT2D eigenvalue weighted by molar-refractivity contribution is 0.617. The summed E-state index contributed by atoms with van der Waals surface area (Å²) in [4.78, 5) is 14.4. The van der Waals surface area contributed by atoms with Crippen LogP contribution in [0.2, 0.25) is 0 Å². The van der Waals surface area contributed by atoms with E-state index in [9.17, 15) is 0 Å². The fourth-order valence-corrected chi connectivity index (χ4v) is 1.65. The zero-order valence-electron chi connectivity index (χ0n) is 7.96. The van der Waals surface area contributed by atoms with Gasteiger partial charge in [0.15, 0.2) is 0 Å². The van der Waals surface area contributed by atoms with E-state index in [1.807, 2.05) is 23.1 Å². The van der Waals surface area contributed by atoms with Crippen LogP contribution >= 0.6 is 0 Å². The third-order valence-corrected chi connectivity index (χ3v) is 2.33. The maximum absolute atomic E-state index is 4.20. The monoisotopic (exact) mass is 196 g/mol. The van der Waals surface area contributed by atoms with E-state index in [1.54, 1.807) is 12.3 Å². The first kappa shape index (κ1) is 8.11. The van der Waals surface area contributed by atoms with Crippen molar-refractivity contribution in [3.8, 4) is 0 Å². The summed E-state index contributed by atoms with van der Waals surface area (Å²) in [5.74, 6) is 1.49. The Labute approximate surface area is 87.1 Å². The molecule has 3 aliphatic rings. The number of rotatable bonds is 1. The highest BCUT2D eigenvalue weighted by Gasteiger charge is 2.25. The van der Waals surface area contributed by atoms with Crippen molar-refractivity contribution in [2.45, 2.75) is 0 Å². The van der Waals surface area contributed by atoms with Gasteiger partial charge in [-0.15, -0.1) is 0 Å². The van der Waals surface area contributed by atoms with Crippen molar-refractivity contribution in [1.29, 1.82) is 0 Å². The van der Waals surface area contributed by atoms with E-state index in [4.69, 9.17) is 0 Å². The summed E-state index contributed by atoms with van der Waals surface area (Å²) in [7, 11) is 0. The van der Waals surface area contributed by atoms with Crippen molar-refractivity contribution in [1.82, 2.24) is 4.90 Å². The number of nitrogens with zero attached hydrogens (tertiary/aromatic N) is 4. The predicted molar refractivity (Wildman–Crippen MR) is 60.7 cm³/mol. The van der Waals surface area contributed by atoms with E-state index in [-0.39, 0.29) is 0 Å². The van der Waals surface area contributed by atoms with Crippen LogP contribution in [0.3, 0.4) is 0 Å². The second kappa shape index (κ2) is 2.88. The third kappa shape index (κ3) is 1.11. The van der Waals surface area contributed by atoms with Gasteiger partial charge in [-0.05, 0) is 23.8 Å². The minimum absolute atomic E-state index is 0.660. The topological polar surface area (TPSA) is 40.3 Å². The van der Waals surface area contributed by atoms with E-state index in [2.05, 4.69) is 21.6 Å². The summed E-state index contributed by atoms with van der Waals surface area (Å²) in [5, 5.41) is 0. The summed E-state index contributed by atoms with van der Waals surface area (Å²) >= 11 is 0. The first-order valence-corrected chi connectivity index (χ1v) is 4.59. The Morgan fingerprint density at radius 2 is 2.20 bits per heavy atom. The zero-order valence-corrected chi connectivity index (χ0v) is 7.96.